The molecule has 2 aromatic rings. The maximum absolute atomic E-state index is 11.8. The molecule has 2 rings (SSSR count). The van der Waals surface area contributed by atoms with E-state index in [2.05, 4.69) is 5.32 Å². The number of thioether (sulfide) groups is 1. The van der Waals surface area contributed by atoms with Crippen molar-refractivity contribution in [2.75, 3.05) is 5.75 Å². The van der Waals surface area contributed by atoms with Crippen LogP contribution < -0.4 is 10.1 Å². The SMILES string of the molecule is O=C(N[C@@H](CSCc1ccccc1)C(=O)O)Oc1ccccc1. The summed E-state index contributed by atoms with van der Waals surface area (Å²) in [5, 5.41) is 11.6. The molecule has 0 aromatic heterocycles. The van der Waals surface area contributed by atoms with Crippen molar-refractivity contribution in [3.8, 4) is 5.75 Å². The molecule has 0 fully saturated rings. The number of aliphatic carboxylic acids is 1. The van der Waals surface area contributed by atoms with Crippen LogP contribution in [0.15, 0.2) is 60.7 Å². The molecule has 0 aliphatic carbocycles. The number of carboxylic acids is 1. The number of ether oxygens (including phenoxy) is 1. The molecule has 0 saturated carbocycles. The highest BCUT2D eigenvalue weighted by molar-refractivity contribution is 7.98. The first-order valence-corrected chi connectivity index (χ1v) is 8.18. The van der Waals surface area contributed by atoms with Crippen molar-refractivity contribution in [2.45, 2.75) is 11.8 Å². The maximum atomic E-state index is 11.8. The smallest absolute Gasteiger partial charge is 0.413 e. The van der Waals surface area contributed by atoms with E-state index < -0.39 is 18.1 Å². The molecule has 0 aliphatic heterocycles. The molecule has 5 nitrogen and oxygen atoms in total. The Morgan fingerprint density at radius 2 is 1.65 bits per heavy atom. The van der Waals surface area contributed by atoms with E-state index in [1.807, 2.05) is 30.3 Å². The predicted molar refractivity (Wildman–Crippen MR) is 89.6 cm³/mol. The largest absolute Gasteiger partial charge is 0.480 e. The predicted octanol–water partition coefficient (Wildman–Crippen LogP) is 3.16. The minimum atomic E-state index is -1.09. The average molecular weight is 331 g/mol. The Kier molecular flexibility index (Phi) is 6.50. The van der Waals surface area contributed by atoms with Gasteiger partial charge in [0.25, 0.3) is 0 Å². The molecule has 2 N–H and O–H groups in total. The highest BCUT2D eigenvalue weighted by atomic mass is 32.2. The van der Waals surface area contributed by atoms with Crippen LogP contribution in [-0.4, -0.2) is 29.0 Å². The van der Waals surface area contributed by atoms with E-state index in [0.717, 1.165) is 5.56 Å². The fraction of sp³-hybridized carbons (Fsp3) is 0.176. The minimum absolute atomic E-state index is 0.258. The van der Waals surface area contributed by atoms with Gasteiger partial charge in [0.1, 0.15) is 11.8 Å². The van der Waals surface area contributed by atoms with Crippen molar-refractivity contribution in [3.63, 3.8) is 0 Å². The number of carbonyl (C=O) groups is 2. The third-order valence-corrected chi connectivity index (χ3v) is 4.05. The maximum Gasteiger partial charge on any atom is 0.413 e. The molecular formula is C17H17NO4S. The Morgan fingerprint density at radius 1 is 1.04 bits per heavy atom. The Morgan fingerprint density at radius 3 is 2.26 bits per heavy atom. The highest BCUT2D eigenvalue weighted by Crippen LogP contribution is 2.13. The van der Waals surface area contributed by atoms with Crippen molar-refractivity contribution in [1.82, 2.24) is 5.32 Å². The number of benzene rings is 2. The van der Waals surface area contributed by atoms with Gasteiger partial charge in [-0.1, -0.05) is 48.5 Å². The molecule has 120 valence electrons. The van der Waals surface area contributed by atoms with Gasteiger partial charge in [0.05, 0.1) is 0 Å². The molecule has 6 heteroatoms. The fourth-order valence-corrected chi connectivity index (χ4v) is 2.82. The third kappa shape index (κ3) is 6.04. The Hall–Kier alpha value is -2.47. The molecule has 23 heavy (non-hydrogen) atoms. The molecule has 0 saturated heterocycles. The number of para-hydroxylation sites is 1. The zero-order valence-electron chi connectivity index (χ0n) is 12.3. The number of hydrogen-bond donors (Lipinski definition) is 2. The van der Waals surface area contributed by atoms with E-state index in [9.17, 15) is 14.7 Å². The molecule has 0 heterocycles. The van der Waals surface area contributed by atoms with Crippen molar-refractivity contribution in [3.05, 3.63) is 66.2 Å². The topological polar surface area (TPSA) is 75.6 Å². The summed E-state index contributed by atoms with van der Waals surface area (Å²) in [6, 6.07) is 17.2. The van der Waals surface area contributed by atoms with Gasteiger partial charge in [0, 0.05) is 11.5 Å². The molecule has 0 aliphatic rings. The molecule has 0 bridgehead atoms. The first-order chi connectivity index (χ1) is 11.1. The van der Waals surface area contributed by atoms with Gasteiger partial charge in [-0.05, 0) is 17.7 Å². The lowest BCUT2D eigenvalue weighted by Crippen LogP contribution is -2.43. The van der Waals surface area contributed by atoms with Crippen molar-refractivity contribution < 1.29 is 19.4 Å². The van der Waals surface area contributed by atoms with Gasteiger partial charge in [0.2, 0.25) is 0 Å². The number of carboxylic acid groups (broad SMARTS) is 1. The highest BCUT2D eigenvalue weighted by Gasteiger charge is 2.20. The summed E-state index contributed by atoms with van der Waals surface area (Å²) < 4.78 is 5.04. The van der Waals surface area contributed by atoms with Crippen molar-refractivity contribution in [2.24, 2.45) is 0 Å². The van der Waals surface area contributed by atoms with Gasteiger partial charge in [0.15, 0.2) is 0 Å². The van der Waals surface area contributed by atoms with Crippen LogP contribution in [0.2, 0.25) is 0 Å². The van der Waals surface area contributed by atoms with E-state index >= 15 is 0 Å². The first kappa shape index (κ1) is 16.9. The average Bonchev–Trinajstić information content (AvgIpc) is 2.55. The Balaban J connectivity index is 1.81. The second-order valence-electron chi connectivity index (χ2n) is 4.74. The summed E-state index contributed by atoms with van der Waals surface area (Å²) in [6.45, 7) is 0. The molecular weight excluding hydrogens is 314 g/mol. The van der Waals surface area contributed by atoms with Gasteiger partial charge >= 0.3 is 12.1 Å². The zero-order valence-corrected chi connectivity index (χ0v) is 13.2. The van der Waals surface area contributed by atoms with E-state index in [1.165, 1.54) is 11.8 Å². The van der Waals surface area contributed by atoms with Gasteiger partial charge in [-0.25, -0.2) is 9.59 Å². The van der Waals surface area contributed by atoms with Crippen molar-refractivity contribution >= 4 is 23.8 Å². The molecule has 0 spiro atoms. The van der Waals surface area contributed by atoms with Gasteiger partial charge in [-0.15, -0.1) is 0 Å². The summed E-state index contributed by atoms with van der Waals surface area (Å²) >= 11 is 1.44. The van der Waals surface area contributed by atoms with Crippen LogP contribution in [0.3, 0.4) is 0 Å². The lowest BCUT2D eigenvalue weighted by molar-refractivity contribution is -0.138. The van der Waals surface area contributed by atoms with E-state index in [-0.39, 0.29) is 5.75 Å². The van der Waals surface area contributed by atoms with E-state index in [0.29, 0.717) is 11.5 Å². The molecule has 0 unspecified atom stereocenters. The van der Waals surface area contributed by atoms with Crippen LogP contribution in [0.4, 0.5) is 4.79 Å². The fourth-order valence-electron chi connectivity index (χ4n) is 1.81. The summed E-state index contributed by atoms with van der Waals surface area (Å²) in [7, 11) is 0. The van der Waals surface area contributed by atoms with Gasteiger partial charge in [-0.3, -0.25) is 0 Å². The third-order valence-electron chi connectivity index (χ3n) is 2.94. The molecule has 2 aromatic carbocycles. The number of hydrogen-bond acceptors (Lipinski definition) is 4. The number of amides is 1. The molecule has 1 atom stereocenters. The number of rotatable bonds is 7. The number of nitrogens with one attached hydrogen (secondary N) is 1. The van der Waals surface area contributed by atoms with Crippen LogP contribution in [0, 0.1) is 0 Å². The first-order valence-electron chi connectivity index (χ1n) is 7.03. The van der Waals surface area contributed by atoms with Crippen molar-refractivity contribution in [1.29, 1.82) is 0 Å². The zero-order chi connectivity index (χ0) is 16.5. The van der Waals surface area contributed by atoms with Gasteiger partial charge < -0.3 is 15.2 Å². The van der Waals surface area contributed by atoms with Crippen LogP contribution in [0.25, 0.3) is 0 Å². The molecule has 1 amide bonds. The summed E-state index contributed by atoms with van der Waals surface area (Å²) in [5.41, 5.74) is 1.11. The van der Waals surface area contributed by atoms with Gasteiger partial charge in [-0.2, -0.15) is 11.8 Å². The lowest BCUT2D eigenvalue weighted by atomic mass is 10.2. The lowest BCUT2D eigenvalue weighted by Gasteiger charge is -2.14. The number of carbonyl (C=O) groups excluding carboxylic acids is 1. The summed E-state index contributed by atoms with van der Waals surface area (Å²) in [6.07, 6.45) is -0.774. The van der Waals surface area contributed by atoms with Crippen LogP contribution >= 0.6 is 11.8 Å². The monoisotopic (exact) mass is 331 g/mol. The van der Waals surface area contributed by atoms with Crippen LogP contribution in [-0.2, 0) is 10.5 Å². The Bertz CT molecular complexity index is 634. The second kappa shape index (κ2) is 8.85. The van der Waals surface area contributed by atoms with Crippen LogP contribution in [0.1, 0.15) is 5.56 Å². The summed E-state index contributed by atoms with van der Waals surface area (Å²) in [4.78, 5) is 23.0. The quantitative estimate of drug-likeness (QED) is 0.815. The standard InChI is InChI=1S/C17H17NO4S/c19-16(20)15(12-23-11-13-7-3-1-4-8-13)18-17(21)22-14-9-5-2-6-10-14/h1-10,15H,11-12H2,(H,18,21)(H,19,20)/t15-/m0/s1. The Labute approximate surface area is 138 Å². The van der Waals surface area contributed by atoms with Crippen LogP contribution in [0.5, 0.6) is 5.75 Å². The van der Waals surface area contributed by atoms with E-state index in [1.54, 1.807) is 30.3 Å². The van der Waals surface area contributed by atoms with E-state index in [4.69, 9.17) is 4.74 Å². The second-order valence-corrected chi connectivity index (χ2v) is 5.77. The normalized spacial score (nSPS) is 11.5. The minimum Gasteiger partial charge on any atom is -0.480 e. The summed E-state index contributed by atoms with van der Waals surface area (Å²) in [5.74, 6) is 0.218. The molecule has 0 radical (unpaired) electrons.